The van der Waals surface area contributed by atoms with Gasteiger partial charge in [-0.15, -0.1) is 24.8 Å². The number of esters is 1. The number of hydrogen-bond donors (Lipinski definition) is 4. The first-order valence-corrected chi connectivity index (χ1v) is 6.27. The van der Waals surface area contributed by atoms with Crippen molar-refractivity contribution < 1.29 is 24.2 Å². The zero-order valence-electron chi connectivity index (χ0n) is 12.4. The quantitative estimate of drug-likeness (QED) is 0.457. The van der Waals surface area contributed by atoms with E-state index in [9.17, 15) is 14.4 Å². The van der Waals surface area contributed by atoms with E-state index in [1.54, 1.807) is 0 Å². The number of halogens is 2. The van der Waals surface area contributed by atoms with Crippen molar-refractivity contribution in [2.45, 2.75) is 31.3 Å². The van der Waals surface area contributed by atoms with E-state index in [0.717, 1.165) is 0 Å². The first kappa shape index (κ1) is 23.4. The molecular weight excluding hydrogens is 351 g/mol. The zero-order chi connectivity index (χ0) is 15.8. The number of ether oxygens (including phenoxy) is 1. The first-order valence-electron chi connectivity index (χ1n) is 6.27. The molecule has 0 unspecified atom stereocenters. The Morgan fingerprint density at radius 3 is 2.57 bits per heavy atom. The number of methoxy groups -OCH3 is 1. The van der Waals surface area contributed by atoms with Gasteiger partial charge >= 0.3 is 11.9 Å². The molecule has 132 valence electrons. The lowest BCUT2D eigenvalue weighted by molar-refractivity contribution is -0.145. The Kier molecular flexibility index (Phi) is 11.9. The lowest BCUT2D eigenvalue weighted by Crippen LogP contribution is -2.43. The van der Waals surface area contributed by atoms with Gasteiger partial charge in [-0.25, -0.2) is 9.78 Å². The summed E-state index contributed by atoms with van der Waals surface area (Å²) in [4.78, 5) is 40.6. The SMILES string of the molecule is COC(=O)[C@H](Cc1cnc[nH]1)NC(=O)CC[C@H](N)C(=O)O.Cl.Cl. The number of carboxylic acids is 1. The number of rotatable bonds is 8. The van der Waals surface area contributed by atoms with Gasteiger partial charge in [0.05, 0.1) is 13.4 Å². The fraction of sp³-hybridized carbons (Fsp3) is 0.500. The largest absolute Gasteiger partial charge is 0.480 e. The van der Waals surface area contributed by atoms with E-state index in [1.165, 1.54) is 19.6 Å². The summed E-state index contributed by atoms with van der Waals surface area (Å²) < 4.78 is 4.62. The fourth-order valence-corrected chi connectivity index (χ4v) is 1.63. The molecule has 1 heterocycles. The molecule has 0 saturated heterocycles. The van der Waals surface area contributed by atoms with Crippen LogP contribution in [0.1, 0.15) is 18.5 Å². The highest BCUT2D eigenvalue weighted by molar-refractivity contribution is 5.86. The van der Waals surface area contributed by atoms with E-state index < -0.39 is 29.9 Å². The number of carboxylic acid groups (broad SMARTS) is 1. The molecule has 0 bridgehead atoms. The van der Waals surface area contributed by atoms with Crippen molar-refractivity contribution in [2.24, 2.45) is 5.73 Å². The van der Waals surface area contributed by atoms with Crippen molar-refractivity contribution in [3.05, 3.63) is 18.2 Å². The molecular formula is C12H20Cl2N4O5. The first-order chi connectivity index (χ1) is 9.93. The minimum atomic E-state index is -1.18. The monoisotopic (exact) mass is 370 g/mol. The number of nitrogens with zero attached hydrogens (tertiary/aromatic N) is 1. The Morgan fingerprint density at radius 1 is 1.43 bits per heavy atom. The molecule has 0 aromatic carbocycles. The second-order valence-electron chi connectivity index (χ2n) is 4.41. The van der Waals surface area contributed by atoms with Crippen LogP contribution in [0.2, 0.25) is 0 Å². The van der Waals surface area contributed by atoms with Crippen LogP contribution in [0.5, 0.6) is 0 Å². The summed E-state index contributed by atoms with van der Waals surface area (Å²) in [6.07, 6.45) is 3.08. The number of nitrogens with one attached hydrogen (secondary N) is 2. The number of H-pyrrole nitrogens is 1. The Balaban J connectivity index is 0. The van der Waals surface area contributed by atoms with Gasteiger partial charge < -0.3 is 25.9 Å². The molecule has 0 spiro atoms. The van der Waals surface area contributed by atoms with E-state index in [-0.39, 0.29) is 44.1 Å². The minimum absolute atomic E-state index is 0. The number of imidazole rings is 1. The molecule has 23 heavy (non-hydrogen) atoms. The van der Waals surface area contributed by atoms with Gasteiger partial charge in [0, 0.05) is 24.7 Å². The van der Waals surface area contributed by atoms with Gasteiger partial charge in [-0.1, -0.05) is 0 Å². The summed E-state index contributed by atoms with van der Waals surface area (Å²) in [6, 6.07) is -1.98. The lowest BCUT2D eigenvalue weighted by atomic mass is 10.1. The summed E-state index contributed by atoms with van der Waals surface area (Å²) in [7, 11) is 1.22. The number of carbonyl (C=O) groups excluding carboxylic acids is 2. The van der Waals surface area contributed by atoms with Gasteiger partial charge in [-0.3, -0.25) is 9.59 Å². The molecule has 9 nitrogen and oxygen atoms in total. The molecule has 0 saturated carbocycles. The third-order valence-electron chi connectivity index (χ3n) is 2.80. The van der Waals surface area contributed by atoms with E-state index in [0.29, 0.717) is 5.69 Å². The highest BCUT2D eigenvalue weighted by Crippen LogP contribution is 2.02. The van der Waals surface area contributed by atoms with E-state index >= 15 is 0 Å². The number of carbonyl (C=O) groups is 3. The Morgan fingerprint density at radius 2 is 2.09 bits per heavy atom. The van der Waals surface area contributed by atoms with Gasteiger partial charge in [0.25, 0.3) is 0 Å². The van der Waals surface area contributed by atoms with E-state index in [1.807, 2.05) is 0 Å². The third-order valence-corrected chi connectivity index (χ3v) is 2.80. The molecule has 5 N–H and O–H groups in total. The van der Waals surface area contributed by atoms with Crippen LogP contribution in [0.15, 0.2) is 12.5 Å². The number of hydrogen-bond acceptors (Lipinski definition) is 6. The van der Waals surface area contributed by atoms with Crippen LogP contribution in [-0.4, -0.2) is 52.1 Å². The van der Waals surface area contributed by atoms with Crippen LogP contribution in [0, 0.1) is 0 Å². The van der Waals surface area contributed by atoms with E-state index in [4.69, 9.17) is 10.8 Å². The maximum atomic E-state index is 11.7. The van der Waals surface area contributed by atoms with Gasteiger partial charge in [0.15, 0.2) is 0 Å². The van der Waals surface area contributed by atoms with Crippen molar-refractivity contribution >= 4 is 42.7 Å². The summed E-state index contributed by atoms with van der Waals surface area (Å²) >= 11 is 0. The summed E-state index contributed by atoms with van der Waals surface area (Å²) in [5.74, 6) is -2.24. The highest BCUT2D eigenvalue weighted by Gasteiger charge is 2.23. The standard InChI is InChI=1S/C12H18N4O5.2ClH/c1-21-12(20)9(4-7-5-14-6-15-7)16-10(17)3-2-8(13)11(18)19;;/h5-6,8-9H,2-4,13H2,1H3,(H,14,15)(H,16,17)(H,18,19);2*1H/t8-,9-;;/m0../s1. The van der Waals surface area contributed by atoms with Crippen LogP contribution in [-0.2, 0) is 25.5 Å². The Labute approximate surface area is 145 Å². The Bertz CT molecular complexity index is 498. The second-order valence-corrected chi connectivity index (χ2v) is 4.41. The van der Waals surface area contributed by atoms with Gasteiger partial charge in [-0.2, -0.15) is 0 Å². The number of aromatic nitrogens is 2. The van der Waals surface area contributed by atoms with Crippen LogP contribution in [0.4, 0.5) is 0 Å². The summed E-state index contributed by atoms with van der Waals surface area (Å²) in [5, 5.41) is 11.1. The van der Waals surface area contributed by atoms with E-state index in [2.05, 4.69) is 20.0 Å². The fourth-order valence-electron chi connectivity index (χ4n) is 1.63. The molecule has 0 aliphatic carbocycles. The van der Waals surface area contributed by atoms with Gasteiger partial charge in [-0.05, 0) is 6.42 Å². The maximum absolute atomic E-state index is 11.7. The predicted molar refractivity (Wildman–Crippen MR) is 85.6 cm³/mol. The van der Waals surface area contributed by atoms with Gasteiger partial charge in [0.2, 0.25) is 5.91 Å². The van der Waals surface area contributed by atoms with Gasteiger partial charge in [0.1, 0.15) is 12.1 Å². The third kappa shape index (κ3) is 8.38. The van der Waals surface area contributed by atoms with Crippen molar-refractivity contribution in [1.29, 1.82) is 0 Å². The van der Waals surface area contributed by atoms with Crippen LogP contribution >= 0.6 is 24.8 Å². The molecule has 0 aliphatic rings. The smallest absolute Gasteiger partial charge is 0.328 e. The van der Waals surface area contributed by atoms with Crippen LogP contribution < -0.4 is 11.1 Å². The zero-order valence-corrected chi connectivity index (χ0v) is 14.0. The average molecular weight is 371 g/mol. The normalized spacial score (nSPS) is 12.1. The average Bonchev–Trinajstić information content (AvgIpc) is 2.95. The molecule has 0 aliphatic heterocycles. The molecule has 2 atom stereocenters. The van der Waals surface area contributed by atoms with Crippen molar-refractivity contribution in [2.75, 3.05) is 7.11 Å². The summed E-state index contributed by atoms with van der Waals surface area (Å²) in [5.41, 5.74) is 5.97. The molecule has 1 rings (SSSR count). The van der Waals surface area contributed by atoms with Crippen LogP contribution in [0.3, 0.4) is 0 Å². The maximum Gasteiger partial charge on any atom is 0.328 e. The molecule has 1 amide bonds. The van der Waals surface area contributed by atoms with Crippen LogP contribution in [0.25, 0.3) is 0 Å². The van der Waals surface area contributed by atoms with Crippen molar-refractivity contribution in [3.8, 4) is 0 Å². The Hall–Kier alpha value is -1.84. The molecule has 0 radical (unpaired) electrons. The minimum Gasteiger partial charge on any atom is -0.480 e. The molecule has 1 aromatic rings. The summed E-state index contributed by atoms with van der Waals surface area (Å²) in [6.45, 7) is 0. The second kappa shape index (κ2) is 11.7. The predicted octanol–water partition coefficient (Wildman–Crippen LogP) is -0.354. The number of aromatic amines is 1. The number of aliphatic carboxylic acids is 1. The highest BCUT2D eigenvalue weighted by atomic mass is 35.5. The number of amides is 1. The van der Waals surface area contributed by atoms with Crippen molar-refractivity contribution in [3.63, 3.8) is 0 Å². The van der Waals surface area contributed by atoms with Crippen molar-refractivity contribution in [1.82, 2.24) is 15.3 Å². The number of nitrogens with two attached hydrogens (primary N) is 1. The topological polar surface area (TPSA) is 147 Å². The molecule has 1 aromatic heterocycles. The molecule has 11 heteroatoms. The molecule has 0 fully saturated rings. The lowest BCUT2D eigenvalue weighted by Gasteiger charge is -2.16.